The first-order valence-electron chi connectivity index (χ1n) is 8.20. The lowest BCUT2D eigenvalue weighted by atomic mass is 9.96. The van der Waals surface area contributed by atoms with E-state index >= 15 is 0 Å². The smallest absolute Gasteiger partial charge is 0.191 e. The summed E-state index contributed by atoms with van der Waals surface area (Å²) < 4.78 is 13.4. The maximum atomic E-state index is 13.4. The summed E-state index contributed by atoms with van der Waals surface area (Å²) in [5, 5.41) is 16.5. The first-order valence-corrected chi connectivity index (χ1v) is 8.58. The Bertz CT molecular complexity index is 796. The first kappa shape index (κ1) is 20.8. The fraction of sp³-hybridized carbons (Fsp3) is 0.316. The minimum absolute atomic E-state index is 0. The Kier molecular flexibility index (Phi) is 7.11. The molecule has 26 heavy (non-hydrogen) atoms. The number of aliphatic imine (C=N–C) groups is 1. The molecule has 3 N–H and O–H groups in total. The van der Waals surface area contributed by atoms with Gasteiger partial charge in [-0.05, 0) is 48.2 Å². The molecular weight excluding hydrogens is 468 g/mol. The fourth-order valence-corrected chi connectivity index (χ4v) is 3.05. The van der Waals surface area contributed by atoms with Crippen molar-refractivity contribution in [1.82, 2.24) is 10.6 Å². The molecule has 1 fully saturated rings. The summed E-state index contributed by atoms with van der Waals surface area (Å²) in [7, 11) is 1.70. The van der Waals surface area contributed by atoms with Gasteiger partial charge < -0.3 is 15.7 Å². The molecule has 7 heteroatoms. The van der Waals surface area contributed by atoms with Gasteiger partial charge in [-0.25, -0.2) is 4.39 Å². The zero-order chi connectivity index (χ0) is 17.9. The van der Waals surface area contributed by atoms with E-state index in [4.69, 9.17) is 11.6 Å². The van der Waals surface area contributed by atoms with E-state index in [1.54, 1.807) is 13.1 Å². The van der Waals surface area contributed by atoms with Gasteiger partial charge in [0.05, 0.1) is 0 Å². The van der Waals surface area contributed by atoms with Crippen LogP contribution in [0.25, 0.3) is 0 Å². The fourth-order valence-electron chi connectivity index (χ4n) is 2.86. The number of phenolic OH excluding ortho intramolecular Hbond substituents is 1. The van der Waals surface area contributed by atoms with Crippen LogP contribution >= 0.6 is 35.6 Å². The maximum Gasteiger partial charge on any atom is 0.191 e. The second kappa shape index (κ2) is 8.90. The second-order valence-electron chi connectivity index (χ2n) is 6.36. The molecule has 0 spiro atoms. The lowest BCUT2D eigenvalue weighted by Crippen LogP contribution is -2.40. The molecule has 0 heterocycles. The van der Waals surface area contributed by atoms with Gasteiger partial charge in [0.15, 0.2) is 17.5 Å². The predicted molar refractivity (Wildman–Crippen MR) is 114 cm³/mol. The summed E-state index contributed by atoms with van der Waals surface area (Å²) in [5.41, 5.74) is 2.07. The maximum absolute atomic E-state index is 13.4. The van der Waals surface area contributed by atoms with Crippen LogP contribution in [0.5, 0.6) is 5.75 Å². The molecule has 1 aliphatic carbocycles. The predicted octanol–water partition coefficient (Wildman–Crippen LogP) is 4.20. The van der Waals surface area contributed by atoms with E-state index in [-0.39, 0.29) is 35.1 Å². The van der Waals surface area contributed by atoms with Crippen LogP contribution in [0.3, 0.4) is 0 Å². The molecule has 2 aromatic rings. The topological polar surface area (TPSA) is 56.7 Å². The molecule has 0 unspecified atom stereocenters. The monoisotopic (exact) mass is 489 g/mol. The van der Waals surface area contributed by atoms with Crippen LogP contribution in [0.4, 0.5) is 4.39 Å². The van der Waals surface area contributed by atoms with Crippen LogP contribution < -0.4 is 10.6 Å². The molecule has 1 saturated carbocycles. The number of hydrogen-bond donors (Lipinski definition) is 3. The van der Waals surface area contributed by atoms with E-state index in [1.165, 1.54) is 17.7 Å². The highest BCUT2D eigenvalue weighted by atomic mass is 127. The number of aromatic hydroxyl groups is 1. The summed E-state index contributed by atoms with van der Waals surface area (Å²) in [6, 6.07) is 12.3. The standard InChI is InChI=1S/C19H21ClFN3O.HI/c1-22-18(23-11-13-5-6-17(25)16(21)9-13)24-12-19(7-8-19)14-3-2-4-15(20)10-14;/h2-6,9-10,25H,7-8,11-12H2,1H3,(H2,22,23,24);1H. The van der Waals surface area contributed by atoms with Gasteiger partial charge in [-0.3, -0.25) is 4.99 Å². The summed E-state index contributed by atoms with van der Waals surface area (Å²) >= 11 is 6.11. The number of rotatable bonds is 5. The molecule has 0 radical (unpaired) electrons. The highest BCUT2D eigenvalue weighted by molar-refractivity contribution is 14.0. The third-order valence-corrected chi connectivity index (χ3v) is 4.82. The van der Waals surface area contributed by atoms with Crippen molar-refractivity contribution in [2.24, 2.45) is 4.99 Å². The molecule has 0 aliphatic heterocycles. The van der Waals surface area contributed by atoms with Crippen molar-refractivity contribution in [1.29, 1.82) is 0 Å². The van der Waals surface area contributed by atoms with Crippen LogP contribution in [0.1, 0.15) is 24.0 Å². The Morgan fingerprint density at radius 2 is 2.00 bits per heavy atom. The van der Waals surface area contributed by atoms with E-state index in [2.05, 4.69) is 21.7 Å². The summed E-state index contributed by atoms with van der Waals surface area (Å²) in [5.74, 6) is -0.314. The van der Waals surface area contributed by atoms with E-state index in [0.29, 0.717) is 12.5 Å². The van der Waals surface area contributed by atoms with Crippen LogP contribution in [-0.4, -0.2) is 24.7 Å². The van der Waals surface area contributed by atoms with Gasteiger partial charge in [-0.15, -0.1) is 24.0 Å². The minimum Gasteiger partial charge on any atom is -0.505 e. The number of phenols is 1. The third kappa shape index (κ3) is 5.01. The summed E-state index contributed by atoms with van der Waals surface area (Å²) in [6.07, 6.45) is 2.22. The molecular formula is C19H22ClFIN3O. The van der Waals surface area contributed by atoms with Gasteiger partial charge in [0.25, 0.3) is 0 Å². The molecule has 1 aliphatic rings. The highest BCUT2D eigenvalue weighted by Crippen LogP contribution is 2.48. The lowest BCUT2D eigenvalue weighted by Gasteiger charge is -2.19. The van der Waals surface area contributed by atoms with Gasteiger partial charge >= 0.3 is 0 Å². The van der Waals surface area contributed by atoms with Crippen LogP contribution in [0, 0.1) is 5.82 Å². The Labute approximate surface area is 174 Å². The van der Waals surface area contributed by atoms with Crippen LogP contribution in [0.15, 0.2) is 47.5 Å². The highest BCUT2D eigenvalue weighted by Gasteiger charge is 2.44. The molecule has 0 bridgehead atoms. The molecule has 0 aromatic heterocycles. The van der Waals surface area contributed by atoms with E-state index in [9.17, 15) is 9.50 Å². The van der Waals surface area contributed by atoms with E-state index in [1.807, 2.05) is 18.2 Å². The molecule has 2 aromatic carbocycles. The Balaban J connectivity index is 0.00000243. The first-order chi connectivity index (χ1) is 12.0. The van der Waals surface area contributed by atoms with Crippen molar-refractivity contribution in [2.45, 2.75) is 24.8 Å². The molecule has 140 valence electrons. The molecule has 3 rings (SSSR count). The third-order valence-electron chi connectivity index (χ3n) is 4.58. The Morgan fingerprint density at radius 3 is 2.62 bits per heavy atom. The average molecular weight is 490 g/mol. The number of guanidine groups is 1. The van der Waals surface area contributed by atoms with Gasteiger partial charge in [-0.1, -0.05) is 29.8 Å². The summed E-state index contributed by atoms with van der Waals surface area (Å²) in [6.45, 7) is 1.18. The number of hydrogen-bond acceptors (Lipinski definition) is 2. The number of halogens is 3. The van der Waals surface area contributed by atoms with Gasteiger partial charge in [0.1, 0.15) is 0 Å². The largest absolute Gasteiger partial charge is 0.505 e. The molecule has 0 atom stereocenters. The summed E-state index contributed by atoms with van der Waals surface area (Å²) in [4.78, 5) is 4.21. The van der Waals surface area contributed by atoms with Gasteiger partial charge in [0.2, 0.25) is 0 Å². The molecule has 4 nitrogen and oxygen atoms in total. The average Bonchev–Trinajstić information content (AvgIpc) is 3.39. The van der Waals surface area contributed by atoms with Crippen LogP contribution in [0.2, 0.25) is 5.02 Å². The zero-order valence-electron chi connectivity index (χ0n) is 14.4. The van der Waals surface area contributed by atoms with Crippen molar-refractivity contribution in [3.05, 3.63) is 64.4 Å². The van der Waals surface area contributed by atoms with Crippen molar-refractivity contribution in [3.63, 3.8) is 0 Å². The quantitative estimate of drug-likeness (QED) is 0.335. The lowest BCUT2D eigenvalue weighted by molar-refractivity contribution is 0.431. The van der Waals surface area contributed by atoms with Crippen molar-refractivity contribution < 1.29 is 9.50 Å². The van der Waals surface area contributed by atoms with Gasteiger partial charge in [0, 0.05) is 30.6 Å². The van der Waals surface area contributed by atoms with Gasteiger partial charge in [-0.2, -0.15) is 0 Å². The van der Waals surface area contributed by atoms with E-state index < -0.39 is 5.82 Å². The molecule has 0 saturated heterocycles. The van der Waals surface area contributed by atoms with Crippen LogP contribution in [-0.2, 0) is 12.0 Å². The second-order valence-corrected chi connectivity index (χ2v) is 6.79. The SMILES string of the molecule is CN=C(NCc1ccc(O)c(F)c1)NCC1(c2cccc(Cl)c2)CC1.I. The normalized spacial score (nSPS) is 15.1. The Hall–Kier alpha value is -1.54. The van der Waals surface area contributed by atoms with Crippen molar-refractivity contribution >= 4 is 41.5 Å². The minimum atomic E-state index is -0.625. The van der Waals surface area contributed by atoms with E-state index in [0.717, 1.165) is 30.0 Å². The zero-order valence-corrected chi connectivity index (χ0v) is 17.5. The van der Waals surface area contributed by atoms with Crippen molar-refractivity contribution in [3.8, 4) is 5.75 Å². The Morgan fingerprint density at radius 1 is 1.23 bits per heavy atom. The number of benzene rings is 2. The van der Waals surface area contributed by atoms with Crippen molar-refractivity contribution in [2.75, 3.05) is 13.6 Å². The number of nitrogens with zero attached hydrogens (tertiary/aromatic N) is 1. The number of nitrogens with one attached hydrogen (secondary N) is 2. The molecule has 0 amide bonds.